The van der Waals surface area contributed by atoms with Crippen LogP contribution in [0, 0.1) is 6.92 Å². The molecule has 29 heavy (non-hydrogen) atoms. The predicted molar refractivity (Wildman–Crippen MR) is 107 cm³/mol. The standard InChI is InChI=1S/C20H22N8O/c1-15-22-25-26-28(15)17-9-7-8-16(14-17)20(29)21-12-5-2-3-10-18-23-24-19-11-4-6-13-27(18)19/h4,6-9,11,13-14H,2-3,5,10,12H2,1H3,(H,21,29). The fourth-order valence-electron chi connectivity index (χ4n) is 3.20. The van der Waals surface area contributed by atoms with Crippen LogP contribution >= 0.6 is 0 Å². The number of hydrogen-bond acceptors (Lipinski definition) is 6. The summed E-state index contributed by atoms with van der Waals surface area (Å²) in [6.07, 6.45) is 5.77. The van der Waals surface area contributed by atoms with Crippen molar-refractivity contribution in [2.75, 3.05) is 6.54 Å². The molecule has 0 saturated heterocycles. The van der Waals surface area contributed by atoms with Crippen LogP contribution in [0.25, 0.3) is 11.3 Å². The van der Waals surface area contributed by atoms with Gasteiger partial charge in [-0.25, -0.2) is 0 Å². The zero-order valence-electron chi connectivity index (χ0n) is 16.2. The van der Waals surface area contributed by atoms with Crippen LogP contribution in [0.3, 0.4) is 0 Å². The largest absolute Gasteiger partial charge is 0.352 e. The number of hydrogen-bond donors (Lipinski definition) is 1. The molecule has 0 aliphatic heterocycles. The second-order valence-electron chi connectivity index (χ2n) is 6.80. The third-order valence-electron chi connectivity index (χ3n) is 4.73. The Morgan fingerprint density at radius 1 is 1.03 bits per heavy atom. The Balaban J connectivity index is 1.23. The highest BCUT2D eigenvalue weighted by molar-refractivity contribution is 5.94. The van der Waals surface area contributed by atoms with Crippen LogP contribution in [-0.4, -0.2) is 47.3 Å². The Kier molecular flexibility index (Phi) is 5.55. The molecule has 0 aliphatic rings. The molecule has 0 aliphatic carbocycles. The van der Waals surface area contributed by atoms with Crippen molar-refractivity contribution in [2.24, 2.45) is 0 Å². The molecule has 3 heterocycles. The number of aryl methyl sites for hydroxylation is 2. The van der Waals surface area contributed by atoms with Gasteiger partial charge in [0, 0.05) is 24.7 Å². The molecule has 9 heteroatoms. The quantitative estimate of drug-likeness (QED) is 0.463. The van der Waals surface area contributed by atoms with Crippen molar-refractivity contribution in [1.82, 2.24) is 40.1 Å². The highest BCUT2D eigenvalue weighted by Crippen LogP contribution is 2.11. The molecule has 1 amide bonds. The number of carbonyl (C=O) groups excluding carboxylic acids is 1. The van der Waals surface area contributed by atoms with Crippen molar-refractivity contribution in [2.45, 2.75) is 32.6 Å². The Morgan fingerprint density at radius 3 is 2.83 bits per heavy atom. The highest BCUT2D eigenvalue weighted by Gasteiger charge is 2.09. The van der Waals surface area contributed by atoms with E-state index < -0.39 is 0 Å². The molecule has 4 aromatic rings. The lowest BCUT2D eigenvalue weighted by molar-refractivity contribution is 0.0953. The van der Waals surface area contributed by atoms with Crippen LogP contribution in [-0.2, 0) is 6.42 Å². The summed E-state index contributed by atoms with van der Waals surface area (Å²) in [5.74, 6) is 1.54. The van der Waals surface area contributed by atoms with E-state index in [0.29, 0.717) is 17.9 Å². The first-order valence-electron chi connectivity index (χ1n) is 9.64. The minimum absolute atomic E-state index is 0.0963. The zero-order chi connectivity index (χ0) is 20.1. The van der Waals surface area contributed by atoms with Crippen molar-refractivity contribution in [3.63, 3.8) is 0 Å². The highest BCUT2D eigenvalue weighted by atomic mass is 16.1. The molecule has 0 spiro atoms. The van der Waals surface area contributed by atoms with E-state index in [-0.39, 0.29) is 5.91 Å². The fraction of sp³-hybridized carbons (Fsp3) is 0.300. The lowest BCUT2D eigenvalue weighted by Gasteiger charge is -2.07. The van der Waals surface area contributed by atoms with Crippen molar-refractivity contribution in [3.05, 3.63) is 65.9 Å². The number of amides is 1. The Labute approximate surface area is 167 Å². The van der Waals surface area contributed by atoms with Gasteiger partial charge in [0.2, 0.25) is 0 Å². The molecule has 0 fully saturated rings. The molecule has 0 radical (unpaired) electrons. The molecule has 3 aromatic heterocycles. The van der Waals surface area contributed by atoms with Gasteiger partial charge in [-0.2, -0.15) is 4.68 Å². The molecular formula is C20H22N8O. The minimum atomic E-state index is -0.0963. The van der Waals surface area contributed by atoms with E-state index in [4.69, 9.17) is 0 Å². The number of pyridine rings is 1. The third-order valence-corrected chi connectivity index (χ3v) is 4.73. The molecular weight excluding hydrogens is 368 g/mol. The number of nitrogens with zero attached hydrogens (tertiary/aromatic N) is 7. The maximum atomic E-state index is 12.4. The van der Waals surface area contributed by atoms with Crippen molar-refractivity contribution in [3.8, 4) is 5.69 Å². The third kappa shape index (κ3) is 4.29. The van der Waals surface area contributed by atoms with Crippen LogP contribution in [0.4, 0.5) is 0 Å². The number of carbonyl (C=O) groups is 1. The van der Waals surface area contributed by atoms with Gasteiger partial charge in [0.1, 0.15) is 5.82 Å². The summed E-state index contributed by atoms with van der Waals surface area (Å²) in [6, 6.07) is 13.1. The monoisotopic (exact) mass is 390 g/mol. The van der Waals surface area contributed by atoms with E-state index in [1.54, 1.807) is 16.8 Å². The van der Waals surface area contributed by atoms with Crippen LogP contribution in [0.1, 0.15) is 41.3 Å². The minimum Gasteiger partial charge on any atom is -0.352 e. The topological polar surface area (TPSA) is 103 Å². The van der Waals surface area contributed by atoms with Gasteiger partial charge < -0.3 is 5.32 Å². The number of benzene rings is 1. The van der Waals surface area contributed by atoms with Crippen molar-refractivity contribution in [1.29, 1.82) is 0 Å². The molecule has 0 unspecified atom stereocenters. The van der Waals surface area contributed by atoms with Gasteiger partial charge in [-0.3, -0.25) is 9.20 Å². The second kappa shape index (κ2) is 8.59. The van der Waals surface area contributed by atoms with Gasteiger partial charge >= 0.3 is 0 Å². The van der Waals surface area contributed by atoms with Crippen LogP contribution < -0.4 is 5.32 Å². The number of tetrazole rings is 1. The summed E-state index contributed by atoms with van der Waals surface area (Å²) < 4.78 is 3.62. The number of fused-ring (bicyclic) bond motifs is 1. The maximum Gasteiger partial charge on any atom is 0.251 e. The van der Waals surface area contributed by atoms with E-state index >= 15 is 0 Å². The van der Waals surface area contributed by atoms with Crippen molar-refractivity contribution >= 4 is 11.6 Å². The van der Waals surface area contributed by atoms with Gasteiger partial charge in [-0.05, 0) is 60.5 Å². The maximum absolute atomic E-state index is 12.4. The molecule has 4 rings (SSSR count). The van der Waals surface area contributed by atoms with Crippen LogP contribution in [0.15, 0.2) is 48.7 Å². The summed E-state index contributed by atoms with van der Waals surface area (Å²) >= 11 is 0. The summed E-state index contributed by atoms with van der Waals surface area (Å²) in [6.45, 7) is 2.45. The SMILES string of the molecule is Cc1nnnn1-c1cccc(C(=O)NCCCCCc2nnc3ccccn23)c1. The van der Waals surface area contributed by atoms with Gasteiger partial charge in [-0.15, -0.1) is 15.3 Å². The number of rotatable bonds is 8. The van der Waals surface area contributed by atoms with E-state index in [0.717, 1.165) is 42.8 Å². The van der Waals surface area contributed by atoms with Crippen LogP contribution in [0.5, 0.6) is 0 Å². The van der Waals surface area contributed by atoms with E-state index in [1.807, 2.05) is 47.9 Å². The average molecular weight is 390 g/mol. The van der Waals surface area contributed by atoms with E-state index in [2.05, 4.69) is 31.0 Å². The first-order valence-corrected chi connectivity index (χ1v) is 9.64. The lowest BCUT2D eigenvalue weighted by Crippen LogP contribution is -2.24. The summed E-state index contributed by atoms with van der Waals surface area (Å²) in [7, 11) is 0. The Hall–Kier alpha value is -3.62. The van der Waals surface area contributed by atoms with E-state index in [9.17, 15) is 4.79 Å². The molecule has 0 saturated carbocycles. The molecule has 148 valence electrons. The van der Waals surface area contributed by atoms with Gasteiger partial charge in [0.15, 0.2) is 11.5 Å². The summed E-state index contributed by atoms with van der Waals surface area (Å²) in [4.78, 5) is 12.4. The van der Waals surface area contributed by atoms with Crippen LogP contribution in [0.2, 0.25) is 0 Å². The normalized spacial score (nSPS) is 11.1. The molecule has 1 N–H and O–H groups in total. The molecule has 1 aromatic carbocycles. The smallest absolute Gasteiger partial charge is 0.251 e. The van der Waals surface area contributed by atoms with Crippen molar-refractivity contribution < 1.29 is 4.79 Å². The Morgan fingerprint density at radius 2 is 1.97 bits per heavy atom. The van der Waals surface area contributed by atoms with Gasteiger partial charge in [0.05, 0.1) is 5.69 Å². The summed E-state index contributed by atoms with van der Waals surface area (Å²) in [5, 5.41) is 22.8. The number of nitrogens with one attached hydrogen (secondary N) is 1. The fourth-order valence-corrected chi connectivity index (χ4v) is 3.20. The zero-order valence-corrected chi connectivity index (χ0v) is 16.2. The summed E-state index contributed by atoms with van der Waals surface area (Å²) in [5.41, 5.74) is 2.22. The lowest BCUT2D eigenvalue weighted by atomic mass is 10.1. The van der Waals surface area contributed by atoms with Gasteiger partial charge in [0.25, 0.3) is 5.91 Å². The predicted octanol–water partition coefficient (Wildman–Crippen LogP) is 2.16. The average Bonchev–Trinajstić information content (AvgIpc) is 3.36. The van der Waals surface area contributed by atoms with E-state index in [1.165, 1.54) is 0 Å². The second-order valence-corrected chi connectivity index (χ2v) is 6.80. The molecule has 9 nitrogen and oxygen atoms in total. The molecule has 0 bridgehead atoms. The number of aromatic nitrogens is 7. The Bertz CT molecular complexity index is 1120. The first-order chi connectivity index (χ1) is 14.2. The number of unbranched alkanes of at least 4 members (excludes halogenated alkanes) is 2. The van der Waals surface area contributed by atoms with Gasteiger partial charge in [-0.1, -0.05) is 18.6 Å². The molecule has 0 atom stereocenters. The first kappa shape index (κ1) is 18.7.